The fourth-order valence-corrected chi connectivity index (χ4v) is 3.56. The van der Waals surface area contributed by atoms with Gasteiger partial charge in [-0.25, -0.2) is 0 Å². The number of amides is 3. The van der Waals surface area contributed by atoms with E-state index in [4.69, 9.17) is 0 Å². The second-order valence-electron chi connectivity index (χ2n) is 7.55. The molecule has 10 heteroatoms. The van der Waals surface area contributed by atoms with Crippen molar-refractivity contribution in [2.45, 2.75) is 67.7 Å². The monoisotopic (exact) mass is 476 g/mol. The summed E-state index contributed by atoms with van der Waals surface area (Å²) in [6.45, 7) is 14.1. The molecule has 0 saturated carbocycles. The first-order chi connectivity index (χ1) is 15.6. The number of pyridine rings is 1. The minimum Gasteiger partial charge on any atom is -0.307 e. The lowest BCUT2D eigenvalue weighted by atomic mass is 10.3. The number of hydrogen-bond acceptors (Lipinski definition) is 7. The number of carbonyl (C=O) groups excluding carboxylic acids is 3. The summed E-state index contributed by atoms with van der Waals surface area (Å²) in [6, 6.07) is 6.00. The summed E-state index contributed by atoms with van der Waals surface area (Å²) in [5, 5.41) is 9.65. The number of carbonyl (C=O) groups is 3. The van der Waals surface area contributed by atoms with Gasteiger partial charge in [-0.15, -0.1) is 21.5 Å². The van der Waals surface area contributed by atoms with E-state index >= 15 is 0 Å². The molecule has 9 nitrogen and oxygen atoms in total. The van der Waals surface area contributed by atoms with E-state index in [1.54, 1.807) is 46.8 Å². The van der Waals surface area contributed by atoms with Crippen molar-refractivity contribution in [1.29, 1.82) is 0 Å². The lowest BCUT2D eigenvalue weighted by Gasteiger charge is -2.42. The fourth-order valence-electron chi connectivity index (χ4n) is 2.97. The quantitative estimate of drug-likeness (QED) is 0.673. The number of hydrogen-bond donors (Lipinski definition) is 0. The van der Waals surface area contributed by atoms with Crippen LogP contribution in [0.5, 0.6) is 0 Å². The van der Waals surface area contributed by atoms with Crippen molar-refractivity contribution in [3.05, 3.63) is 39.6 Å². The Morgan fingerprint density at radius 3 is 1.24 bits per heavy atom. The van der Waals surface area contributed by atoms with Gasteiger partial charge in [0.15, 0.2) is 0 Å². The van der Waals surface area contributed by atoms with Gasteiger partial charge >= 0.3 is 0 Å². The molecule has 1 saturated heterocycles. The van der Waals surface area contributed by atoms with E-state index in [-0.39, 0.29) is 37.7 Å². The first-order valence-electron chi connectivity index (χ1n) is 11.1. The maximum Gasteiger partial charge on any atom is 0.225 e. The number of nitrogens with zero attached hydrogens (tertiary/aromatic N) is 6. The molecule has 3 heterocycles. The van der Waals surface area contributed by atoms with Gasteiger partial charge in [0.25, 0.3) is 0 Å². The molecule has 33 heavy (non-hydrogen) atoms. The molecular weight excluding hydrogens is 440 g/mol. The predicted octanol–water partition coefficient (Wildman–Crippen LogP) is 3.44. The Morgan fingerprint density at radius 2 is 1.06 bits per heavy atom. The second-order valence-corrected chi connectivity index (χ2v) is 8.93. The van der Waals surface area contributed by atoms with Crippen LogP contribution in [0, 0.1) is 27.7 Å². The Hall–Kier alpha value is -2.88. The van der Waals surface area contributed by atoms with Crippen LogP contribution in [0.1, 0.15) is 61.4 Å². The van der Waals surface area contributed by atoms with E-state index in [2.05, 4.69) is 15.2 Å². The summed E-state index contributed by atoms with van der Waals surface area (Å²) in [7, 11) is 0. The summed E-state index contributed by atoms with van der Waals surface area (Å²) in [6.07, 6.45) is 1.13. The Morgan fingerprint density at radius 1 is 0.727 bits per heavy atom. The molecule has 0 aliphatic carbocycles. The van der Waals surface area contributed by atoms with Crippen LogP contribution in [0.25, 0.3) is 0 Å². The third kappa shape index (κ3) is 10.1. The molecule has 0 N–H and O–H groups in total. The Kier molecular flexibility index (Phi) is 12.2. The molecule has 3 rings (SSSR count). The van der Waals surface area contributed by atoms with Crippen molar-refractivity contribution >= 4 is 29.1 Å². The molecule has 0 spiro atoms. The Balaban J connectivity index is 0.000000295. The molecule has 3 amide bonds. The second kappa shape index (κ2) is 14.3. The molecule has 1 fully saturated rings. The van der Waals surface area contributed by atoms with E-state index in [0.717, 1.165) is 21.4 Å². The molecule has 1 aliphatic rings. The highest BCUT2D eigenvalue weighted by Gasteiger charge is 2.29. The summed E-state index contributed by atoms with van der Waals surface area (Å²) in [4.78, 5) is 44.0. The van der Waals surface area contributed by atoms with Gasteiger partial charge in [0, 0.05) is 30.7 Å². The van der Waals surface area contributed by atoms with Gasteiger partial charge in [0.05, 0.1) is 20.0 Å². The van der Waals surface area contributed by atoms with Crippen LogP contribution in [0.4, 0.5) is 0 Å². The molecule has 0 radical (unpaired) electrons. The smallest absolute Gasteiger partial charge is 0.225 e. The van der Waals surface area contributed by atoms with Crippen LogP contribution in [0.2, 0.25) is 0 Å². The van der Waals surface area contributed by atoms with Gasteiger partial charge in [-0.1, -0.05) is 26.8 Å². The van der Waals surface area contributed by atoms with Crippen molar-refractivity contribution in [2.75, 3.05) is 20.0 Å². The molecular formula is C23H36N6O3S. The van der Waals surface area contributed by atoms with Crippen LogP contribution >= 0.6 is 11.3 Å². The van der Waals surface area contributed by atoms with Gasteiger partial charge < -0.3 is 14.7 Å². The molecule has 2 aromatic heterocycles. The van der Waals surface area contributed by atoms with E-state index in [1.165, 1.54) is 0 Å². The minimum absolute atomic E-state index is 0.0440. The standard InChI is InChI=1S/C12H21N3O3.C7H9N.C4H6N2S/c1-4-10(16)13-7-14(11(17)5-2)9-15(8-13)12(18)6-3;1-6-4-3-5-7(2)8-6;1-3-5-6-4(2)7-3/h4-9H2,1-3H3;3-5H,1-2H3;1-2H3. The van der Waals surface area contributed by atoms with Crippen molar-refractivity contribution in [3.8, 4) is 0 Å². The van der Waals surface area contributed by atoms with Crippen LogP contribution in [0.15, 0.2) is 18.2 Å². The van der Waals surface area contributed by atoms with E-state index in [0.29, 0.717) is 19.3 Å². The number of aryl methyl sites for hydroxylation is 4. The SMILES string of the molecule is CCC(=O)N1CN(C(=O)CC)CN(C(=O)CC)C1.Cc1cccc(C)n1.Cc1nnc(C)s1. The zero-order valence-corrected chi connectivity index (χ0v) is 21.6. The van der Waals surface area contributed by atoms with Gasteiger partial charge in [0.1, 0.15) is 10.0 Å². The van der Waals surface area contributed by atoms with Crippen molar-refractivity contribution in [3.63, 3.8) is 0 Å². The first-order valence-corrected chi connectivity index (χ1v) is 11.9. The van der Waals surface area contributed by atoms with Crippen LogP contribution in [-0.2, 0) is 14.4 Å². The molecule has 2 aromatic rings. The average molecular weight is 477 g/mol. The topological polar surface area (TPSA) is 99.6 Å². The summed E-state index contributed by atoms with van der Waals surface area (Å²) >= 11 is 1.62. The maximum atomic E-state index is 11.7. The summed E-state index contributed by atoms with van der Waals surface area (Å²) in [5.41, 5.74) is 2.18. The predicted molar refractivity (Wildman–Crippen MR) is 129 cm³/mol. The highest BCUT2D eigenvalue weighted by molar-refractivity contribution is 7.11. The zero-order chi connectivity index (χ0) is 25.0. The highest BCUT2D eigenvalue weighted by Crippen LogP contribution is 2.11. The minimum atomic E-state index is -0.0440. The van der Waals surface area contributed by atoms with Crippen molar-refractivity contribution < 1.29 is 14.4 Å². The van der Waals surface area contributed by atoms with E-state index in [1.807, 2.05) is 45.9 Å². The van der Waals surface area contributed by atoms with Gasteiger partial charge in [-0.3, -0.25) is 19.4 Å². The first kappa shape index (κ1) is 28.2. The molecule has 0 bridgehead atoms. The van der Waals surface area contributed by atoms with Gasteiger partial charge in [0.2, 0.25) is 17.7 Å². The number of aromatic nitrogens is 3. The molecule has 182 valence electrons. The maximum absolute atomic E-state index is 11.7. The third-order valence-corrected chi connectivity index (χ3v) is 5.40. The van der Waals surface area contributed by atoms with Crippen molar-refractivity contribution in [2.24, 2.45) is 0 Å². The van der Waals surface area contributed by atoms with Gasteiger partial charge in [-0.05, 0) is 39.8 Å². The molecule has 0 aromatic carbocycles. The fraction of sp³-hybridized carbons (Fsp3) is 0.565. The lowest BCUT2D eigenvalue weighted by Crippen LogP contribution is -2.59. The summed E-state index contributed by atoms with van der Waals surface area (Å²) < 4.78 is 0. The third-order valence-electron chi connectivity index (χ3n) is 4.64. The highest BCUT2D eigenvalue weighted by atomic mass is 32.1. The van der Waals surface area contributed by atoms with Crippen LogP contribution < -0.4 is 0 Å². The average Bonchev–Trinajstić information content (AvgIpc) is 3.20. The molecule has 0 atom stereocenters. The summed E-state index contributed by atoms with van der Waals surface area (Å²) in [5.74, 6) is -0.132. The lowest BCUT2D eigenvalue weighted by molar-refractivity contribution is -0.158. The van der Waals surface area contributed by atoms with Crippen molar-refractivity contribution in [1.82, 2.24) is 29.9 Å². The van der Waals surface area contributed by atoms with Gasteiger partial charge in [-0.2, -0.15) is 0 Å². The van der Waals surface area contributed by atoms with Crippen LogP contribution in [0.3, 0.4) is 0 Å². The molecule has 0 unspecified atom stereocenters. The van der Waals surface area contributed by atoms with E-state index < -0.39 is 0 Å². The Bertz CT molecular complexity index is 825. The Labute approximate surface area is 200 Å². The van der Waals surface area contributed by atoms with Crippen LogP contribution in [-0.4, -0.2) is 67.6 Å². The molecule has 1 aliphatic heterocycles. The largest absolute Gasteiger partial charge is 0.307 e. The van der Waals surface area contributed by atoms with E-state index in [9.17, 15) is 14.4 Å². The number of rotatable bonds is 3. The zero-order valence-electron chi connectivity index (χ0n) is 20.8. The normalized spacial score (nSPS) is 12.9.